The van der Waals surface area contributed by atoms with Crippen LogP contribution in [0.1, 0.15) is 57.6 Å². The van der Waals surface area contributed by atoms with Crippen molar-refractivity contribution in [3.63, 3.8) is 0 Å². The average molecular weight is 217 g/mol. The predicted octanol–water partition coefficient (Wildman–Crippen LogP) is 4.31. The molecule has 0 N–H and O–H groups in total. The molecule has 0 saturated heterocycles. The molecular weight excluding hydrogens is 196 g/mol. The molecule has 1 aliphatic rings. The van der Waals surface area contributed by atoms with E-state index in [0.29, 0.717) is 0 Å². The van der Waals surface area contributed by atoms with Crippen molar-refractivity contribution in [2.45, 2.75) is 52.6 Å². The zero-order valence-corrected chi connectivity index (χ0v) is 10.7. The van der Waals surface area contributed by atoms with Gasteiger partial charge < -0.3 is 4.74 Å². The largest absolute Gasteiger partial charge is 0.491 e. The first-order valence-electron chi connectivity index (χ1n) is 6.19. The van der Waals surface area contributed by atoms with Crippen LogP contribution < -0.4 is 4.74 Å². The van der Waals surface area contributed by atoms with Crippen LogP contribution in [0.25, 0.3) is 0 Å². The Morgan fingerprint density at radius 1 is 1.25 bits per heavy atom. The molecule has 2 rings (SSSR count). The van der Waals surface area contributed by atoms with Crippen molar-refractivity contribution in [2.75, 3.05) is 0 Å². The van der Waals surface area contributed by atoms with E-state index in [-0.39, 0.29) is 6.10 Å². The Balaban J connectivity index is 2.29. The van der Waals surface area contributed by atoms with Crippen LogP contribution in [0.4, 0.5) is 0 Å². The molecule has 87 valence electrons. The zero-order chi connectivity index (χ0) is 11.7. The summed E-state index contributed by atoms with van der Waals surface area (Å²) in [6.07, 6.45) is 2.90. The fraction of sp³-hybridized carbons (Fsp3) is 0.533. The molecule has 0 atom stereocenters. The summed E-state index contributed by atoms with van der Waals surface area (Å²) < 4.78 is 5.87. The van der Waals surface area contributed by atoms with Gasteiger partial charge >= 0.3 is 0 Å². The van der Waals surface area contributed by atoms with Crippen LogP contribution in [0, 0.1) is 5.92 Å². The van der Waals surface area contributed by atoms with E-state index in [9.17, 15) is 0 Å². The monoisotopic (exact) mass is 217 g/mol. The fourth-order valence-corrected chi connectivity index (χ4v) is 1.93. The van der Waals surface area contributed by atoms with Gasteiger partial charge in [-0.25, -0.2) is 0 Å². The summed E-state index contributed by atoms with van der Waals surface area (Å²) in [6, 6.07) is 6.61. The number of hydrogen-bond donors (Lipinski definition) is 0. The molecule has 0 heterocycles. The van der Waals surface area contributed by atoms with Gasteiger partial charge in [0.1, 0.15) is 5.75 Å². The molecular formula is C15H21O. The Morgan fingerprint density at radius 2 is 1.94 bits per heavy atom. The molecule has 0 aromatic heterocycles. The van der Waals surface area contributed by atoms with Crippen LogP contribution in [0.15, 0.2) is 18.2 Å². The van der Waals surface area contributed by atoms with E-state index in [2.05, 4.69) is 45.9 Å². The van der Waals surface area contributed by atoms with E-state index in [1.54, 1.807) is 0 Å². The molecule has 16 heavy (non-hydrogen) atoms. The Hall–Kier alpha value is -0.980. The Morgan fingerprint density at radius 3 is 2.44 bits per heavy atom. The minimum Gasteiger partial charge on any atom is -0.491 e. The standard InChI is InChI=1S/C15H21O/c1-10(2)13-7-8-15(16-11(3)4)14(9-13)12-5-6-12/h7-9,11-12H,5-6H2,1-4H3. The highest BCUT2D eigenvalue weighted by molar-refractivity contribution is 5.45. The van der Waals surface area contributed by atoms with Gasteiger partial charge in [0, 0.05) is 0 Å². The van der Waals surface area contributed by atoms with Crippen LogP contribution in [-0.4, -0.2) is 6.10 Å². The summed E-state index contributed by atoms with van der Waals surface area (Å²) >= 11 is 0. The van der Waals surface area contributed by atoms with Crippen LogP contribution >= 0.6 is 0 Å². The first-order chi connectivity index (χ1) is 7.58. The molecule has 1 heteroatoms. The second kappa shape index (κ2) is 4.48. The van der Waals surface area contributed by atoms with Gasteiger partial charge in [0.15, 0.2) is 0 Å². The van der Waals surface area contributed by atoms with Crippen molar-refractivity contribution in [3.05, 3.63) is 35.2 Å². The van der Waals surface area contributed by atoms with Gasteiger partial charge in [0.2, 0.25) is 0 Å². The van der Waals surface area contributed by atoms with E-state index < -0.39 is 0 Å². The van der Waals surface area contributed by atoms with Gasteiger partial charge in [-0.15, -0.1) is 0 Å². The van der Waals surface area contributed by atoms with Crippen molar-refractivity contribution in [1.29, 1.82) is 0 Å². The van der Waals surface area contributed by atoms with Gasteiger partial charge in [-0.3, -0.25) is 0 Å². The quantitative estimate of drug-likeness (QED) is 0.730. The highest BCUT2D eigenvalue weighted by atomic mass is 16.5. The Labute approximate surface area is 98.8 Å². The lowest BCUT2D eigenvalue weighted by molar-refractivity contribution is 0.240. The lowest BCUT2D eigenvalue weighted by Crippen LogP contribution is -2.07. The van der Waals surface area contributed by atoms with Crippen LogP contribution in [0.5, 0.6) is 5.75 Å². The minimum absolute atomic E-state index is 0.259. The van der Waals surface area contributed by atoms with E-state index >= 15 is 0 Å². The predicted molar refractivity (Wildman–Crippen MR) is 67.9 cm³/mol. The van der Waals surface area contributed by atoms with Gasteiger partial charge in [0.25, 0.3) is 0 Å². The van der Waals surface area contributed by atoms with E-state index in [0.717, 1.165) is 11.7 Å². The highest BCUT2D eigenvalue weighted by Gasteiger charge is 2.27. The summed E-state index contributed by atoms with van der Waals surface area (Å²) in [5, 5.41) is 0. The molecule has 1 aromatic carbocycles. The molecule has 1 fully saturated rings. The third-order valence-electron chi connectivity index (χ3n) is 2.97. The maximum Gasteiger partial charge on any atom is 0.123 e. The number of rotatable bonds is 4. The lowest BCUT2D eigenvalue weighted by atomic mass is 9.98. The number of hydrogen-bond acceptors (Lipinski definition) is 1. The normalized spacial score (nSPS) is 15.9. The van der Waals surface area contributed by atoms with Crippen molar-refractivity contribution in [1.82, 2.24) is 0 Å². The molecule has 0 aliphatic heterocycles. The third kappa shape index (κ3) is 2.58. The SMILES string of the molecule is C[C](C)c1ccc(OC(C)C)c(C2CC2)c1. The van der Waals surface area contributed by atoms with E-state index in [4.69, 9.17) is 4.74 Å². The maximum absolute atomic E-state index is 5.87. The topological polar surface area (TPSA) is 9.23 Å². The molecule has 0 spiro atoms. The second-order valence-corrected chi connectivity index (χ2v) is 5.19. The molecule has 0 unspecified atom stereocenters. The van der Waals surface area contributed by atoms with Crippen molar-refractivity contribution >= 4 is 0 Å². The molecule has 1 nitrogen and oxygen atoms in total. The van der Waals surface area contributed by atoms with Crippen molar-refractivity contribution < 1.29 is 4.74 Å². The molecule has 0 bridgehead atoms. The van der Waals surface area contributed by atoms with Crippen molar-refractivity contribution in [3.8, 4) is 5.75 Å². The summed E-state index contributed by atoms with van der Waals surface area (Å²) in [5.41, 5.74) is 2.76. The Kier molecular flexibility index (Phi) is 3.22. The van der Waals surface area contributed by atoms with Crippen LogP contribution in [0.3, 0.4) is 0 Å². The molecule has 1 saturated carbocycles. The summed E-state index contributed by atoms with van der Waals surface area (Å²) in [5.74, 6) is 3.20. The van der Waals surface area contributed by atoms with Crippen molar-refractivity contribution in [2.24, 2.45) is 0 Å². The van der Waals surface area contributed by atoms with Gasteiger partial charge in [-0.1, -0.05) is 26.0 Å². The average Bonchev–Trinajstić information content (AvgIpc) is 3.00. The highest BCUT2D eigenvalue weighted by Crippen LogP contribution is 2.45. The zero-order valence-electron chi connectivity index (χ0n) is 10.7. The molecule has 0 amide bonds. The third-order valence-corrected chi connectivity index (χ3v) is 2.97. The maximum atomic E-state index is 5.87. The smallest absolute Gasteiger partial charge is 0.123 e. The summed E-state index contributed by atoms with van der Waals surface area (Å²) in [6.45, 7) is 8.49. The summed E-state index contributed by atoms with van der Waals surface area (Å²) in [7, 11) is 0. The second-order valence-electron chi connectivity index (χ2n) is 5.19. The van der Waals surface area contributed by atoms with Gasteiger partial charge in [-0.05, 0) is 55.7 Å². The van der Waals surface area contributed by atoms with E-state index in [1.807, 2.05) is 0 Å². The molecule has 1 radical (unpaired) electrons. The van der Waals surface area contributed by atoms with E-state index in [1.165, 1.54) is 29.9 Å². The van der Waals surface area contributed by atoms with Crippen LogP contribution in [0.2, 0.25) is 0 Å². The van der Waals surface area contributed by atoms with Crippen LogP contribution in [-0.2, 0) is 0 Å². The number of ether oxygens (including phenoxy) is 1. The first-order valence-corrected chi connectivity index (χ1v) is 6.19. The number of benzene rings is 1. The first kappa shape index (κ1) is 11.5. The summed E-state index contributed by atoms with van der Waals surface area (Å²) in [4.78, 5) is 0. The minimum atomic E-state index is 0.259. The fourth-order valence-electron chi connectivity index (χ4n) is 1.93. The Bertz CT molecular complexity index is 362. The molecule has 1 aromatic rings. The molecule has 1 aliphatic carbocycles. The lowest BCUT2D eigenvalue weighted by Gasteiger charge is -2.16. The van der Waals surface area contributed by atoms with Gasteiger partial charge in [-0.2, -0.15) is 0 Å². The van der Waals surface area contributed by atoms with Gasteiger partial charge in [0.05, 0.1) is 6.10 Å².